The molecule has 0 saturated carbocycles. The number of rotatable bonds is 4. The van der Waals surface area contributed by atoms with E-state index in [-0.39, 0.29) is 17.2 Å². The van der Waals surface area contributed by atoms with Gasteiger partial charge in [0.25, 0.3) is 11.1 Å². The monoisotopic (exact) mass is 410 g/mol. The van der Waals surface area contributed by atoms with E-state index >= 15 is 0 Å². The van der Waals surface area contributed by atoms with E-state index < -0.39 is 17.1 Å². The summed E-state index contributed by atoms with van der Waals surface area (Å²) in [4.78, 5) is 38.6. The Kier molecular flexibility index (Phi) is 5.79. The van der Waals surface area contributed by atoms with E-state index in [2.05, 4.69) is 5.32 Å². The highest BCUT2D eigenvalue weighted by molar-refractivity contribution is 8.18. The summed E-state index contributed by atoms with van der Waals surface area (Å²) < 4.78 is 0. The normalized spacial score (nSPS) is 15.3. The lowest BCUT2D eigenvalue weighted by Gasteiger charge is -2.15. The molecule has 0 radical (unpaired) electrons. The molecule has 150 valence electrons. The Morgan fingerprint density at radius 2 is 1.66 bits per heavy atom. The van der Waals surface area contributed by atoms with Gasteiger partial charge in [0.2, 0.25) is 5.91 Å². The molecule has 0 spiro atoms. The number of para-hydroxylation sites is 1. The van der Waals surface area contributed by atoms with Crippen molar-refractivity contribution in [2.45, 2.75) is 27.7 Å². The predicted octanol–water partition coefficient (Wildman–Crippen LogP) is 4.30. The van der Waals surface area contributed by atoms with Gasteiger partial charge in [-0.25, -0.2) is 0 Å². The molecular formula is C22H22N2O4S. The molecule has 3 amide bonds. The van der Waals surface area contributed by atoms with Crippen LogP contribution < -0.4 is 5.32 Å². The van der Waals surface area contributed by atoms with Crippen molar-refractivity contribution in [1.82, 2.24) is 4.90 Å². The molecule has 0 bridgehead atoms. The molecule has 3 rings (SSSR count). The molecule has 2 N–H and O–H groups in total. The van der Waals surface area contributed by atoms with Gasteiger partial charge >= 0.3 is 0 Å². The fraction of sp³-hybridized carbons (Fsp3) is 0.227. The van der Waals surface area contributed by atoms with Crippen LogP contribution in [0.3, 0.4) is 0 Å². The number of phenolic OH excluding ortho intramolecular Hbond substituents is 1. The first kappa shape index (κ1) is 20.7. The largest absolute Gasteiger partial charge is 0.507 e. The minimum atomic E-state index is -0.500. The first-order valence-corrected chi connectivity index (χ1v) is 9.90. The maximum absolute atomic E-state index is 12.7. The highest BCUT2D eigenvalue weighted by atomic mass is 32.2. The van der Waals surface area contributed by atoms with Crippen LogP contribution in [0.15, 0.2) is 35.2 Å². The topological polar surface area (TPSA) is 86.7 Å². The average Bonchev–Trinajstić information content (AvgIpc) is 2.90. The molecular weight excluding hydrogens is 388 g/mol. The van der Waals surface area contributed by atoms with Gasteiger partial charge in [-0.15, -0.1) is 0 Å². The van der Waals surface area contributed by atoms with Crippen LogP contribution in [0, 0.1) is 27.7 Å². The number of anilines is 1. The summed E-state index contributed by atoms with van der Waals surface area (Å²) in [5.41, 5.74) is 4.58. The molecule has 0 unspecified atom stereocenters. The number of imide groups is 1. The van der Waals surface area contributed by atoms with Gasteiger partial charge in [0.05, 0.1) is 4.91 Å². The molecule has 1 aliphatic heterocycles. The number of amides is 3. The lowest BCUT2D eigenvalue weighted by Crippen LogP contribution is -2.36. The van der Waals surface area contributed by atoms with Crippen molar-refractivity contribution in [3.63, 3.8) is 0 Å². The van der Waals surface area contributed by atoms with E-state index in [1.165, 1.54) is 0 Å². The Morgan fingerprint density at radius 3 is 2.24 bits per heavy atom. The molecule has 7 heteroatoms. The number of hydrogen-bond acceptors (Lipinski definition) is 5. The standard InChI is InChI=1S/C22H22N2O4S/c1-12-6-5-7-13(2)19(12)23-18(25)11-24-21(27)17(29-22(24)28)10-16-8-14(3)20(26)15(4)9-16/h5-10,26H,11H2,1-4H3,(H,23,25). The molecule has 1 heterocycles. The van der Waals surface area contributed by atoms with Crippen molar-refractivity contribution in [2.24, 2.45) is 0 Å². The van der Waals surface area contributed by atoms with Gasteiger partial charge in [0.15, 0.2) is 0 Å². The Hall–Kier alpha value is -3.06. The van der Waals surface area contributed by atoms with E-state index in [1.54, 1.807) is 32.1 Å². The van der Waals surface area contributed by atoms with Crippen LogP contribution in [-0.2, 0) is 9.59 Å². The number of aromatic hydroxyl groups is 1. The first-order valence-electron chi connectivity index (χ1n) is 9.09. The summed E-state index contributed by atoms with van der Waals surface area (Å²) in [6.07, 6.45) is 1.60. The average molecular weight is 410 g/mol. The van der Waals surface area contributed by atoms with E-state index in [1.807, 2.05) is 32.0 Å². The third-order valence-electron chi connectivity index (χ3n) is 4.73. The smallest absolute Gasteiger partial charge is 0.294 e. The van der Waals surface area contributed by atoms with Gasteiger partial charge < -0.3 is 10.4 Å². The number of aryl methyl sites for hydroxylation is 4. The van der Waals surface area contributed by atoms with E-state index in [0.29, 0.717) is 22.4 Å². The van der Waals surface area contributed by atoms with Crippen LogP contribution in [0.4, 0.5) is 10.5 Å². The van der Waals surface area contributed by atoms with Gasteiger partial charge in [-0.05, 0) is 85.5 Å². The van der Waals surface area contributed by atoms with Gasteiger partial charge in [0, 0.05) is 5.69 Å². The number of phenols is 1. The van der Waals surface area contributed by atoms with Crippen LogP contribution in [0.5, 0.6) is 5.75 Å². The third kappa shape index (κ3) is 4.35. The van der Waals surface area contributed by atoms with Gasteiger partial charge in [-0.3, -0.25) is 19.3 Å². The molecule has 0 aliphatic carbocycles. The number of hydrogen-bond donors (Lipinski definition) is 2. The number of nitrogens with zero attached hydrogens (tertiary/aromatic N) is 1. The quantitative estimate of drug-likeness (QED) is 0.734. The van der Waals surface area contributed by atoms with E-state index in [9.17, 15) is 19.5 Å². The van der Waals surface area contributed by atoms with Crippen molar-refractivity contribution in [2.75, 3.05) is 11.9 Å². The van der Waals surface area contributed by atoms with Crippen LogP contribution in [0.1, 0.15) is 27.8 Å². The number of thioether (sulfide) groups is 1. The molecule has 6 nitrogen and oxygen atoms in total. The SMILES string of the molecule is Cc1cc(C=C2SC(=O)N(CC(=O)Nc3c(C)cccc3C)C2=O)cc(C)c1O. The maximum atomic E-state index is 12.7. The maximum Gasteiger partial charge on any atom is 0.294 e. The minimum Gasteiger partial charge on any atom is -0.507 e. The summed E-state index contributed by atoms with van der Waals surface area (Å²) in [5.74, 6) is -0.722. The predicted molar refractivity (Wildman–Crippen MR) is 115 cm³/mol. The second kappa shape index (κ2) is 8.13. The Balaban J connectivity index is 1.76. The van der Waals surface area contributed by atoms with Gasteiger partial charge in [0.1, 0.15) is 12.3 Å². The van der Waals surface area contributed by atoms with E-state index in [4.69, 9.17) is 0 Å². The highest BCUT2D eigenvalue weighted by Gasteiger charge is 2.36. The van der Waals surface area contributed by atoms with Crippen LogP contribution in [0.25, 0.3) is 6.08 Å². The zero-order valence-electron chi connectivity index (χ0n) is 16.7. The Labute approximate surface area is 173 Å². The van der Waals surface area contributed by atoms with Crippen molar-refractivity contribution in [3.8, 4) is 5.75 Å². The van der Waals surface area contributed by atoms with Crippen molar-refractivity contribution in [1.29, 1.82) is 0 Å². The number of carbonyl (C=O) groups excluding carboxylic acids is 3. The summed E-state index contributed by atoms with van der Waals surface area (Å²) in [7, 11) is 0. The number of carbonyl (C=O) groups is 3. The van der Waals surface area contributed by atoms with Crippen molar-refractivity contribution < 1.29 is 19.5 Å². The molecule has 29 heavy (non-hydrogen) atoms. The Morgan fingerprint density at radius 1 is 1.07 bits per heavy atom. The van der Waals surface area contributed by atoms with Crippen molar-refractivity contribution >= 4 is 40.6 Å². The summed E-state index contributed by atoms with van der Waals surface area (Å²) in [6, 6.07) is 9.14. The van der Waals surface area contributed by atoms with Gasteiger partial charge in [-0.1, -0.05) is 18.2 Å². The highest BCUT2D eigenvalue weighted by Crippen LogP contribution is 2.33. The third-order valence-corrected chi connectivity index (χ3v) is 5.64. The summed E-state index contributed by atoms with van der Waals surface area (Å²) >= 11 is 0.803. The first-order chi connectivity index (χ1) is 13.7. The summed E-state index contributed by atoms with van der Waals surface area (Å²) in [5, 5.41) is 12.2. The molecule has 0 atom stereocenters. The summed E-state index contributed by atoms with van der Waals surface area (Å²) in [6.45, 7) is 6.95. The molecule has 2 aromatic carbocycles. The molecule has 2 aromatic rings. The molecule has 0 aromatic heterocycles. The van der Waals surface area contributed by atoms with Crippen LogP contribution >= 0.6 is 11.8 Å². The molecule has 1 aliphatic rings. The minimum absolute atomic E-state index is 0.207. The lowest BCUT2D eigenvalue weighted by molar-refractivity contribution is -0.127. The number of nitrogens with one attached hydrogen (secondary N) is 1. The van der Waals surface area contributed by atoms with Gasteiger partial charge in [-0.2, -0.15) is 0 Å². The van der Waals surface area contributed by atoms with E-state index in [0.717, 1.165) is 27.8 Å². The van der Waals surface area contributed by atoms with Crippen LogP contribution in [0.2, 0.25) is 0 Å². The lowest BCUT2D eigenvalue weighted by atomic mass is 10.1. The van der Waals surface area contributed by atoms with Crippen molar-refractivity contribution in [3.05, 3.63) is 63.1 Å². The second-order valence-corrected chi connectivity index (χ2v) is 8.08. The Bertz CT molecular complexity index is 1020. The fourth-order valence-corrected chi connectivity index (χ4v) is 4.03. The zero-order chi connectivity index (χ0) is 21.3. The fourth-order valence-electron chi connectivity index (χ4n) is 3.19. The molecule has 1 fully saturated rings. The number of benzene rings is 2. The zero-order valence-corrected chi connectivity index (χ0v) is 17.5. The molecule has 1 saturated heterocycles. The van der Waals surface area contributed by atoms with Crippen LogP contribution in [-0.4, -0.2) is 33.6 Å². The second-order valence-electron chi connectivity index (χ2n) is 7.09.